The molecule has 13 nitrogen and oxygen atoms in total. The number of primary amides is 1. The number of pyridine rings is 1. The molecule has 14 heteroatoms. The van der Waals surface area contributed by atoms with Crippen LogP contribution in [-0.2, 0) is 14.4 Å². The van der Waals surface area contributed by atoms with Gasteiger partial charge in [0.2, 0.25) is 23.6 Å². The van der Waals surface area contributed by atoms with Crippen LogP contribution in [0.25, 0.3) is 10.6 Å². The number of fused-ring (bicyclic) bond motifs is 1. The number of rotatable bonds is 8. The molecule has 6 rings (SSSR count). The summed E-state index contributed by atoms with van der Waals surface area (Å²) in [5, 5.41) is 5.41. The van der Waals surface area contributed by atoms with Crippen molar-refractivity contribution in [3.05, 3.63) is 58.1 Å². The third-order valence-corrected chi connectivity index (χ3v) is 8.26. The van der Waals surface area contributed by atoms with Crippen LogP contribution in [0.2, 0.25) is 0 Å². The average molecular weight is 613 g/mol. The summed E-state index contributed by atoms with van der Waals surface area (Å²) in [6, 6.07) is 6.89. The number of hydrogen-bond donors (Lipinski definition) is 3. The fourth-order valence-electron chi connectivity index (χ4n) is 4.80. The van der Waals surface area contributed by atoms with Crippen molar-refractivity contribution in [1.82, 2.24) is 20.2 Å². The Labute approximate surface area is 254 Å². The second-order valence-electron chi connectivity index (χ2n) is 10.3. The van der Waals surface area contributed by atoms with E-state index in [0.717, 1.165) is 29.1 Å². The van der Waals surface area contributed by atoms with E-state index >= 15 is 0 Å². The maximum absolute atomic E-state index is 13.0. The van der Waals surface area contributed by atoms with Crippen LogP contribution in [0.1, 0.15) is 68.1 Å². The molecular weight excluding hydrogens is 588 g/mol. The number of nitrogens with one attached hydrogen (secondary N) is 2. The highest BCUT2D eigenvalue weighted by Gasteiger charge is 2.44. The van der Waals surface area contributed by atoms with Gasteiger partial charge in [-0.1, -0.05) is 11.8 Å². The van der Waals surface area contributed by atoms with E-state index in [-0.39, 0.29) is 59.6 Å². The number of carbonyl (C=O) groups is 6. The summed E-state index contributed by atoms with van der Waals surface area (Å²) < 4.78 is 5.72. The van der Waals surface area contributed by atoms with Crippen molar-refractivity contribution in [2.24, 2.45) is 11.7 Å². The minimum Gasteiger partial charge on any atom is -0.475 e. The number of aromatic nitrogens is 2. The molecule has 0 bridgehead atoms. The molecule has 1 saturated heterocycles. The molecule has 4 N–H and O–H groups in total. The van der Waals surface area contributed by atoms with Gasteiger partial charge >= 0.3 is 0 Å². The molecule has 1 unspecified atom stereocenters. The fourth-order valence-corrected chi connectivity index (χ4v) is 5.66. The first-order valence-electron chi connectivity index (χ1n) is 13.7. The molecule has 1 aliphatic carbocycles. The number of amides is 6. The van der Waals surface area contributed by atoms with Gasteiger partial charge in [-0.3, -0.25) is 39.0 Å². The Hall–Kier alpha value is -5.42. The van der Waals surface area contributed by atoms with Crippen LogP contribution in [-0.4, -0.2) is 63.0 Å². The standard InChI is InChI=1S/C30H24N6O7S/c31-24(38)23-27(35-28(44-23)17-10-11-32-21(14-17)33-25(39)16-5-6-16)43-12-2-1-3-15-4-7-18-19(13-15)30(42)36(29(18)41)20-8-9-22(37)34-26(20)40/h4,7,10-11,13-14,16,20H,2,5-6,8-9,12H2,(H2,31,38)(H,32,33,39)(H,34,37,40). The number of benzene rings is 1. The van der Waals surface area contributed by atoms with Gasteiger partial charge < -0.3 is 15.8 Å². The highest BCUT2D eigenvalue weighted by Crippen LogP contribution is 2.34. The number of nitrogens with zero attached hydrogens (tertiary/aromatic N) is 3. The molecule has 6 amide bonds. The summed E-state index contributed by atoms with van der Waals surface area (Å²) in [6.45, 7) is 0.0845. The summed E-state index contributed by atoms with van der Waals surface area (Å²) in [5.41, 5.74) is 6.96. The van der Waals surface area contributed by atoms with Crippen molar-refractivity contribution in [2.45, 2.75) is 38.1 Å². The summed E-state index contributed by atoms with van der Waals surface area (Å²) in [5.74, 6) is 3.22. The number of hydrogen-bond acceptors (Lipinski definition) is 10. The van der Waals surface area contributed by atoms with Crippen molar-refractivity contribution < 1.29 is 33.5 Å². The molecule has 2 aliphatic heterocycles. The van der Waals surface area contributed by atoms with Gasteiger partial charge in [-0.2, -0.15) is 0 Å². The van der Waals surface area contributed by atoms with Gasteiger partial charge in [-0.15, -0.1) is 11.3 Å². The zero-order valence-corrected chi connectivity index (χ0v) is 23.9. The number of imide groups is 2. The van der Waals surface area contributed by atoms with Gasteiger partial charge in [0.15, 0.2) is 4.88 Å². The second kappa shape index (κ2) is 11.7. The van der Waals surface area contributed by atoms with Crippen molar-refractivity contribution >= 4 is 52.6 Å². The monoisotopic (exact) mass is 612 g/mol. The smallest absolute Gasteiger partial charge is 0.264 e. The number of piperidine rings is 1. The molecule has 1 saturated carbocycles. The first-order chi connectivity index (χ1) is 21.2. The molecule has 0 radical (unpaired) electrons. The van der Waals surface area contributed by atoms with Crippen LogP contribution in [0.5, 0.6) is 5.88 Å². The Kier molecular flexibility index (Phi) is 7.62. The Bertz CT molecular complexity index is 1820. The lowest BCUT2D eigenvalue weighted by Gasteiger charge is -2.27. The van der Waals surface area contributed by atoms with Crippen LogP contribution in [0.15, 0.2) is 36.5 Å². The van der Waals surface area contributed by atoms with Crippen LogP contribution < -0.4 is 21.1 Å². The normalized spacial score (nSPS) is 17.5. The van der Waals surface area contributed by atoms with E-state index in [2.05, 4.69) is 32.4 Å². The van der Waals surface area contributed by atoms with Crippen LogP contribution >= 0.6 is 11.3 Å². The number of carbonyl (C=O) groups excluding carboxylic acids is 6. The third-order valence-electron chi connectivity index (χ3n) is 7.16. The highest BCUT2D eigenvalue weighted by atomic mass is 32.1. The Morgan fingerprint density at radius 3 is 2.64 bits per heavy atom. The highest BCUT2D eigenvalue weighted by molar-refractivity contribution is 7.17. The van der Waals surface area contributed by atoms with Gasteiger partial charge in [-0.05, 0) is 49.6 Å². The van der Waals surface area contributed by atoms with E-state index in [1.807, 2.05) is 0 Å². The van der Waals surface area contributed by atoms with E-state index in [9.17, 15) is 28.8 Å². The minimum absolute atomic E-state index is 0.0228. The summed E-state index contributed by atoms with van der Waals surface area (Å²) in [4.78, 5) is 83.4. The molecular formula is C30H24N6O7S. The zero-order chi connectivity index (χ0) is 31.0. The molecule has 2 fully saturated rings. The Morgan fingerprint density at radius 1 is 1.09 bits per heavy atom. The molecule has 1 aromatic carbocycles. The molecule has 4 heterocycles. The van der Waals surface area contributed by atoms with Crippen molar-refractivity contribution in [3.63, 3.8) is 0 Å². The van der Waals surface area contributed by atoms with Gasteiger partial charge in [-0.25, -0.2) is 9.97 Å². The summed E-state index contributed by atoms with van der Waals surface area (Å²) >= 11 is 1.06. The van der Waals surface area contributed by atoms with Crippen molar-refractivity contribution in [3.8, 4) is 28.3 Å². The lowest BCUT2D eigenvalue weighted by Crippen LogP contribution is -2.54. The van der Waals surface area contributed by atoms with Gasteiger partial charge in [0.25, 0.3) is 17.7 Å². The van der Waals surface area contributed by atoms with Gasteiger partial charge in [0.05, 0.1) is 11.1 Å². The van der Waals surface area contributed by atoms with Crippen LogP contribution in [0.3, 0.4) is 0 Å². The third kappa shape index (κ3) is 5.77. The summed E-state index contributed by atoms with van der Waals surface area (Å²) in [7, 11) is 0. The quantitative estimate of drug-likeness (QED) is 0.194. The SMILES string of the molecule is NC(=O)c1sc(-c2ccnc(NC(=O)C3CC3)c2)nc1OCCC#Cc1ccc2c(c1)C(=O)N(C1CCC(=O)NC1=O)C2=O. The predicted octanol–water partition coefficient (Wildman–Crippen LogP) is 1.87. The zero-order valence-electron chi connectivity index (χ0n) is 23.0. The number of ether oxygens (including phenoxy) is 1. The maximum Gasteiger partial charge on any atom is 0.264 e. The lowest BCUT2D eigenvalue weighted by atomic mass is 10.0. The molecule has 1 atom stereocenters. The number of nitrogens with two attached hydrogens (primary N) is 1. The minimum atomic E-state index is -1.04. The van der Waals surface area contributed by atoms with Crippen LogP contribution in [0, 0.1) is 17.8 Å². The van der Waals surface area contributed by atoms with Gasteiger partial charge in [0.1, 0.15) is 23.5 Å². The molecule has 3 aromatic rings. The maximum atomic E-state index is 13.0. The van der Waals surface area contributed by atoms with Crippen molar-refractivity contribution in [2.75, 3.05) is 11.9 Å². The van der Waals surface area contributed by atoms with E-state index in [1.54, 1.807) is 18.2 Å². The lowest BCUT2D eigenvalue weighted by molar-refractivity contribution is -0.136. The molecule has 0 spiro atoms. The Morgan fingerprint density at radius 2 is 1.89 bits per heavy atom. The molecule has 222 valence electrons. The predicted molar refractivity (Wildman–Crippen MR) is 155 cm³/mol. The molecule has 44 heavy (non-hydrogen) atoms. The average Bonchev–Trinajstić information content (AvgIpc) is 3.72. The largest absolute Gasteiger partial charge is 0.475 e. The first kappa shape index (κ1) is 28.7. The second-order valence-corrected chi connectivity index (χ2v) is 11.3. The fraction of sp³-hybridized carbons (Fsp3) is 0.267. The van der Waals surface area contributed by atoms with E-state index in [1.165, 1.54) is 18.3 Å². The van der Waals surface area contributed by atoms with Crippen LogP contribution in [0.4, 0.5) is 5.82 Å². The number of thiazole rings is 1. The number of anilines is 1. The Balaban J connectivity index is 1.09. The molecule has 2 aromatic heterocycles. The van der Waals surface area contributed by atoms with E-state index < -0.39 is 35.6 Å². The van der Waals surface area contributed by atoms with Gasteiger partial charge in [0, 0.05) is 36.1 Å². The summed E-state index contributed by atoms with van der Waals surface area (Å²) in [6.07, 6.45) is 3.62. The van der Waals surface area contributed by atoms with Crippen molar-refractivity contribution in [1.29, 1.82) is 0 Å². The topological polar surface area (TPSA) is 191 Å². The van der Waals surface area contributed by atoms with E-state index in [0.29, 0.717) is 22.0 Å². The van der Waals surface area contributed by atoms with E-state index in [4.69, 9.17) is 10.5 Å². The molecule has 3 aliphatic rings. The first-order valence-corrected chi connectivity index (χ1v) is 14.6.